The summed E-state index contributed by atoms with van der Waals surface area (Å²) in [6.07, 6.45) is 0. The Bertz CT molecular complexity index is 959. The number of halogens is 1. The number of rotatable bonds is 7. The number of hydrogen-bond donors (Lipinski definition) is 1. The van der Waals surface area contributed by atoms with Gasteiger partial charge in [0.2, 0.25) is 11.7 Å². The molecule has 1 N–H and O–H groups in total. The molecule has 146 valence electrons. The summed E-state index contributed by atoms with van der Waals surface area (Å²) in [4.78, 5) is 45.0. The highest BCUT2D eigenvalue weighted by Gasteiger charge is 2.21. The molecule has 1 amide bonds. The normalized spacial score (nSPS) is 10.1. The molecule has 0 atom stereocenters. The van der Waals surface area contributed by atoms with Crippen molar-refractivity contribution in [3.05, 3.63) is 63.5 Å². The van der Waals surface area contributed by atoms with Crippen LogP contribution in [-0.2, 0) is 9.53 Å². The first-order valence-corrected chi connectivity index (χ1v) is 7.82. The van der Waals surface area contributed by atoms with Crippen molar-refractivity contribution < 1.29 is 33.2 Å². The lowest BCUT2D eigenvalue weighted by Crippen LogP contribution is -2.15. The lowest BCUT2D eigenvalue weighted by Gasteiger charge is -2.09. The van der Waals surface area contributed by atoms with Gasteiger partial charge in [-0.05, 0) is 30.3 Å². The Hall–Kier alpha value is -3.82. The van der Waals surface area contributed by atoms with Gasteiger partial charge in [-0.15, -0.1) is 0 Å². The van der Waals surface area contributed by atoms with Crippen molar-refractivity contribution in [1.82, 2.24) is 0 Å². The monoisotopic (exact) mass is 390 g/mol. The zero-order chi connectivity index (χ0) is 20.8. The fourth-order valence-corrected chi connectivity index (χ4v) is 2.27. The third-order valence-corrected chi connectivity index (χ3v) is 3.53. The summed E-state index contributed by atoms with van der Waals surface area (Å²) in [5.41, 5.74) is -0.732. The Morgan fingerprint density at radius 3 is 2.46 bits per heavy atom. The van der Waals surface area contributed by atoms with Gasteiger partial charge < -0.3 is 14.8 Å². The lowest BCUT2D eigenvalue weighted by atomic mass is 10.1. The van der Waals surface area contributed by atoms with E-state index in [-0.39, 0.29) is 22.6 Å². The molecule has 0 heterocycles. The van der Waals surface area contributed by atoms with Crippen LogP contribution in [0, 0.1) is 15.9 Å². The van der Waals surface area contributed by atoms with E-state index in [2.05, 4.69) is 10.1 Å². The van der Waals surface area contributed by atoms with Gasteiger partial charge in [-0.3, -0.25) is 19.7 Å². The Morgan fingerprint density at radius 1 is 1.18 bits per heavy atom. The highest BCUT2D eigenvalue weighted by atomic mass is 19.1. The van der Waals surface area contributed by atoms with E-state index in [0.717, 1.165) is 25.3 Å². The van der Waals surface area contributed by atoms with Crippen LogP contribution in [0.4, 0.5) is 15.8 Å². The van der Waals surface area contributed by atoms with Crippen LogP contribution >= 0.6 is 0 Å². The van der Waals surface area contributed by atoms with Gasteiger partial charge in [0, 0.05) is 18.7 Å². The number of ether oxygens (including phenoxy) is 2. The van der Waals surface area contributed by atoms with Crippen molar-refractivity contribution >= 4 is 29.0 Å². The molecule has 28 heavy (non-hydrogen) atoms. The molecular formula is C18H15FN2O7. The van der Waals surface area contributed by atoms with Crippen molar-refractivity contribution in [2.75, 3.05) is 19.0 Å². The van der Waals surface area contributed by atoms with E-state index in [9.17, 15) is 28.9 Å². The number of carbonyl (C=O) groups excluding carboxylic acids is 3. The highest BCUT2D eigenvalue weighted by Crippen LogP contribution is 2.28. The van der Waals surface area contributed by atoms with Gasteiger partial charge in [-0.1, -0.05) is 0 Å². The number of esters is 1. The maximum atomic E-state index is 14.1. The number of amides is 1. The number of nitro benzene ring substituents is 1. The van der Waals surface area contributed by atoms with E-state index in [0.29, 0.717) is 0 Å². The maximum Gasteiger partial charge on any atom is 0.338 e. The Balaban J connectivity index is 2.17. The van der Waals surface area contributed by atoms with Gasteiger partial charge in [0.05, 0.1) is 23.2 Å². The molecule has 2 rings (SSSR count). The SMILES string of the molecule is COC(=O)c1ccc(OCC(=O)c2ccc(NC(C)=O)cc2F)c([N+](=O)[O-])c1. The van der Waals surface area contributed by atoms with Crippen LogP contribution in [0.2, 0.25) is 0 Å². The molecule has 0 spiro atoms. The minimum atomic E-state index is -0.879. The molecule has 0 aliphatic heterocycles. The number of benzene rings is 2. The molecule has 0 bridgehead atoms. The number of anilines is 1. The molecule has 0 radical (unpaired) electrons. The van der Waals surface area contributed by atoms with Crippen molar-refractivity contribution in [3.63, 3.8) is 0 Å². The lowest BCUT2D eigenvalue weighted by molar-refractivity contribution is -0.385. The van der Waals surface area contributed by atoms with Crippen molar-refractivity contribution in [3.8, 4) is 5.75 Å². The molecule has 0 unspecified atom stereocenters. The molecule has 0 aliphatic carbocycles. The Labute approximate surface area is 158 Å². The summed E-state index contributed by atoms with van der Waals surface area (Å²) in [7, 11) is 1.13. The van der Waals surface area contributed by atoms with Crippen molar-refractivity contribution in [2.45, 2.75) is 6.92 Å². The second kappa shape index (κ2) is 8.71. The molecule has 0 saturated heterocycles. The highest BCUT2D eigenvalue weighted by molar-refractivity contribution is 5.98. The number of Topliss-reactive ketones (excluding diaryl/α,β-unsaturated/α-hetero) is 1. The molecule has 0 aromatic heterocycles. The van der Waals surface area contributed by atoms with Gasteiger partial charge >= 0.3 is 11.7 Å². The van der Waals surface area contributed by atoms with Gasteiger partial charge in [-0.2, -0.15) is 0 Å². The van der Waals surface area contributed by atoms with Gasteiger partial charge in [0.1, 0.15) is 5.82 Å². The number of methoxy groups -OCH3 is 1. The summed E-state index contributed by atoms with van der Waals surface area (Å²) in [5.74, 6) is -3.08. The summed E-state index contributed by atoms with van der Waals surface area (Å²) in [6, 6.07) is 6.82. The van der Waals surface area contributed by atoms with Crippen LogP contribution in [-0.4, -0.2) is 36.3 Å². The standard InChI is InChI=1S/C18H15FN2O7/c1-10(22)20-12-4-5-13(14(19)8-12)16(23)9-28-17-6-3-11(18(24)27-2)7-15(17)21(25)26/h3-8H,9H2,1-2H3,(H,20,22). The summed E-state index contributed by atoms with van der Waals surface area (Å²) in [5, 5.41) is 13.5. The first kappa shape index (κ1) is 20.5. The number of carbonyl (C=O) groups is 3. The van der Waals surface area contributed by atoms with Crippen molar-refractivity contribution in [1.29, 1.82) is 0 Å². The van der Waals surface area contributed by atoms with Crippen LogP contribution in [0.15, 0.2) is 36.4 Å². The van der Waals surface area contributed by atoms with Gasteiger partial charge in [0.25, 0.3) is 0 Å². The fraction of sp³-hybridized carbons (Fsp3) is 0.167. The maximum absolute atomic E-state index is 14.1. The van der Waals surface area contributed by atoms with E-state index in [4.69, 9.17) is 4.74 Å². The third kappa shape index (κ3) is 4.87. The minimum absolute atomic E-state index is 0.0625. The Kier molecular flexibility index (Phi) is 6.38. The van der Waals surface area contributed by atoms with Crippen LogP contribution in [0.3, 0.4) is 0 Å². The van der Waals surface area contributed by atoms with Gasteiger partial charge in [0.15, 0.2) is 12.4 Å². The molecular weight excluding hydrogens is 375 g/mol. The summed E-state index contributed by atoms with van der Waals surface area (Å²) in [6.45, 7) is 0.581. The summed E-state index contributed by atoms with van der Waals surface area (Å²) < 4.78 is 23.7. The van der Waals surface area contributed by atoms with Crippen LogP contribution in [0.1, 0.15) is 27.6 Å². The molecule has 9 nitrogen and oxygen atoms in total. The minimum Gasteiger partial charge on any atom is -0.478 e. The van der Waals surface area contributed by atoms with Crippen LogP contribution in [0.25, 0.3) is 0 Å². The predicted octanol–water partition coefficient (Wildman–Crippen LogP) is 2.74. The first-order valence-electron chi connectivity index (χ1n) is 7.82. The predicted molar refractivity (Wildman–Crippen MR) is 95.0 cm³/mol. The average molecular weight is 390 g/mol. The zero-order valence-corrected chi connectivity index (χ0v) is 14.9. The third-order valence-electron chi connectivity index (χ3n) is 3.53. The number of nitro groups is 1. The smallest absolute Gasteiger partial charge is 0.338 e. The molecule has 0 fully saturated rings. The largest absolute Gasteiger partial charge is 0.478 e. The number of nitrogens with one attached hydrogen (secondary N) is 1. The second-order valence-corrected chi connectivity index (χ2v) is 5.52. The zero-order valence-electron chi connectivity index (χ0n) is 14.9. The first-order chi connectivity index (χ1) is 13.2. The second-order valence-electron chi connectivity index (χ2n) is 5.52. The number of hydrogen-bond acceptors (Lipinski definition) is 7. The topological polar surface area (TPSA) is 125 Å². The molecule has 2 aromatic carbocycles. The van der Waals surface area contributed by atoms with E-state index >= 15 is 0 Å². The summed E-state index contributed by atoms with van der Waals surface area (Å²) >= 11 is 0. The number of ketones is 1. The Morgan fingerprint density at radius 2 is 1.89 bits per heavy atom. The van der Waals surface area contributed by atoms with E-state index in [1.54, 1.807) is 0 Å². The average Bonchev–Trinajstić information content (AvgIpc) is 2.64. The molecule has 2 aromatic rings. The quantitative estimate of drug-likeness (QED) is 0.333. The number of nitrogens with zero attached hydrogens (tertiary/aromatic N) is 1. The molecule has 0 aliphatic rings. The van der Waals surface area contributed by atoms with Crippen LogP contribution in [0.5, 0.6) is 5.75 Å². The van der Waals surface area contributed by atoms with E-state index in [1.807, 2.05) is 0 Å². The van der Waals surface area contributed by atoms with Crippen molar-refractivity contribution in [2.24, 2.45) is 0 Å². The fourth-order valence-electron chi connectivity index (χ4n) is 2.27. The van der Waals surface area contributed by atoms with Gasteiger partial charge in [-0.25, -0.2) is 9.18 Å². The van der Waals surface area contributed by atoms with E-state index < -0.39 is 40.7 Å². The molecule has 10 heteroatoms. The van der Waals surface area contributed by atoms with Crippen LogP contribution < -0.4 is 10.1 Å². The molecule has 0 saturated carbocycles. The van der Waals surface area contributed by atoms with E-state index in [1.165, 1.54) is 25.1 Å².